The predicted molar refractivity (Wildman–Crippen MR) is 120 cm³/mol. The van der Waals surface area contributed by atoms with Crippen LogP contribution in [0.5, 0.6) is 11.5 Å². The van der Waals surface area contributed by atoms with Gasteiger partial charge in [0.2, 0.25) is 5.91 Å². The van der Waals surface area contributed by atoms with Crippen LogP contribution in [0, 0.1) is 0 Å². The Morgan fingerprint density at radius 3 is 2.52 bits per heavy atom. The maximum Gasteiger partial charge on any atom is 0.278 e. The zero-order chi connectivity index (χ0) is 22.2. The topological polar surface area (TPSA) is 106 Å². The van der Waals surface area contributed by atoms with Gasteiger partial charge in [-0.1, -0.05) is 48.2 Å². The molecule has 8 nitrogen and oxygen atoms in total. The number of methoxy groups -OCH3 is 2. The monoisotopic (exact) mass is 440 g/mol. The summed E-state index contributed by atoms with van der Waals surface area (Å²) < 4.78 is 10.5. The van der Waals surface area contributed by atoms with Crippen LogP contribution in [0.25, 0.3) is 11.3 Å². The molecule has 0 spiro atoms. The summed E-state index contributed by atoms with van der Waals surface area (Å²) in [6.45, 7) is 2.22. The summed E-state index contributed by atoms with van der Waals surface area (Å²) in [4.78, 5) is 27.4. The van der Waals surface area contributed by atoms with Gasteiger partial charge in [0, 0.05) is 12.1 Å². The van der Waals surface area contributed by atoms with Crippen molar-refractivity contribution in [3.63, 3.8) is 0 Å². The van der Waals surface area contributed by atoms with E-state index in [4.69, 9.17) is 9.47 Å². The number of ether oxygens (including phenoxy) is 2. The van der Waals surface area contributed by atoms with Crippen molar-refractivity contribution in [3.05, 3.63) is 64.4 Å². The maximum atomic E-state index is 12.4. The van der Waals surface area contributed by atoms with E-state index >= 15 is 0 Å². The van der Waals surface area contributed by atoms with Crippen LogP contribution in [-0.4, -0.2) is 47.1 Å². The summed E-state index contributed by atoms with van der Waals surface area (Å²) in [6.07, 6.45) is 0.645. The number of amides is 1. The molecule has 0 saturated carbocycles. The largest absolute Gasteiger partial charge is 0.493 e. The average molecular weight is 441 g/mol. The Morgan fingerprint density at radius 1 is 1.10 bits per heavy atom. The number of carbonyl (C=O) groups is 1. The van der Waals surface area contributed by atoms with E-state index in [1.54, 1.807) is 33.3 Å². The van der Waals surface area contributed by atoms with Gasteiger partial charge in [-0.05, 0) is 31.0 Å². The maximum absolute atomic E-state index is 12.4. The third-order valence-corrected chi connectivity index (χ3v) is 5.52. The molecule has 0 radical (unpaired) electrons. The molecule has 0 fully saturated rings. The molecule has 162 valence electrons. The van der Waals surface area contributed by atoms with Gasteiger partial charge in [-0.25, -0.2) is 0 Å². The Hall–Kier alpha value is -3.33. The summed E-state index contributed by atoms with van der Waals surface area (Å²) in [5.74, 6) is 1.16. The van der Waals surface area contributed by atoms with Crippen LogP contribution in [-0.2, 0) is 11.2 Å². The third kappa shape index (κ3) is 5.85. The van der Waals surface area contributed by atoms with Gasteiger partial charge in [0.15, 0.2) is 22.3 Å². The molecule has 2 N–H and O–H groups in total. The number of H-pyrrole nitrogens is 1. The van der Waals surface area contributed by atoms with Gasteiger partial charge in [0.25, 0.3) is 5.56 Å². The standard InChI is InChI=1S/C22H24N4O4S/c1-14(20(27)23-12-11-15-9-10-17(29-2)18(13-15)30-3)31-22-24-21(28)19(25-26-22)16-7-5-4-6-8-16/h4-10,13-14H,11-12H2,1-3H3,(H,23,27)(H,24,26,28). The van der Waals surface area contributed by atoms with Crippen molar-refractivity contribution in [3.8, 4) is 22.8 Å². The molecule has 1 amide bonds. The van der Waals surface area contributed by atoms with Crippen molar-refractivity contribution in [1.82, 2.24) is 20.5 Å². The summed E-state index contributed by atoms with van der Waals surface area (Å²) in [5.41, 5.74) is 1.61. The first-order chi connectivity index (χ1) is 15.0. The molecule has 0 aliphatic heterocycles. The molecule has 0 aliphatic rings. The quantitative estimate of drug-likeness (QED) is 0.493. The Labute approximate surface area is 184 Å². The summed E-state index contributed by atoms with van der Waals surface area (Å²) in [7, 11) is 3.17. The Morgan fingerprint density at radius 2 is 1.84 bits per heavy atom. The van der Waals surface area contributed by atoms with Crippen molar-refractivity contribution >= 4 is 17.7 Å². The molecular formula is C22H24N4O4S. The Bertz CT molecular complexity index is 1090. The Kier molecular flexibility index (Phi) is 7.66. The van der Waals surface area contributed by atoms with Crippen LogP contribution < -0.4 is 20.3 Å². The van der Waals surface area contributed by atoms with Gasteiger partial charge in [-0.15, -0.1) is 10.2 Å². The number of rotatable bonds is 9. The molecule has 0 bridgehead atoms. The molecule has 1 unspecified atom stereocenters. The van der Waals surface area contributed by atoms with Crippen molar-refractivity contribution in [2.24, 2.45) is 0 Å². The highest BCUT2D eigenvalue weighted by Crippen LogP contribution is 2.27. The van der Waals surface area contributed by atoms with Crippen LogP contribution in [0.4, 0.5) is 0 Å². The summed E-state index contributed by atoms with van der Waals surface area (Å²) in [5, 5.41) is 10.8. The van der Waals surface area contributed by atoms with E-state index in [1.165, 1.54) is 0 Å². The van der Waals surface area contributed by atoms with E-state index in [0.29, 0.717) is 35.2 Å². The van der Waals surface area contributed by atoms with Gasteiger partial charge in [-0.2, -0.15) is 0 Å². The van der Waals surface area contributed by atoms with Gasteiger partial charge >= 0.3 is 0 Å². The number of hydrogen-bond acceptors (Lipinski definition) is 7. The highest BCUT2D eigenvalue weighted by molar-refractivity contribution is 8.00. The van der Waals surface area contributed by atoms with Gasteiger partial charge in [0.05, 0.1) is 19.5 Å². The lowest BCUT2D eigenvalue weighted by molar-refractivity contribution is -0.120. The second kappa shape index (κ2) is 10.6. The first-order valence-corrected chi connectivity index (χ1v) is 10.6. The molecule has 3 aromatic rings. The van der Waals surface area contributed by atoms with Crippen molar-refractivity contribution < 1.29 is 14.3 Å². The lowest BCUT2D eigenvalue weighted by atomic mass is 10.1. The first-order valence-electron chi connectivity index (χ1n) is 9.69. The fourth-order valence-corrected chi connectivity index (χ4v) is 3.66. The number of nitrogens with one attached hydrogen (secondary N) is 2. The number of thioether (sulfide) groups is 1. The van der Waals surface area contributed by atoms with Gasteiger partial charge in [-0.3, -0.25) is 14.6 Å². The fraction of sp³-hybridized carbons (Fsp3) is 0.273. The van der Waals surface area contributed by atoms with Crippen molar-refractivity contribution in [2.45, 2.75) is 23.8 Å². The van der Waals surface area contributed by atoms with E-state index in [-0.39, 0.29) is 17.2 Å². The molecule has 1 aromatic heterocycles. The van der Waals surface area contributed by atoms with E-state index in [0.717, 1.165) is 17.3 Å². The average Bonchev–Trinajstić information content (AvgIpc) is 2.79. The lowest BCUT2D eigenvalue weighted by Gasteiger charge is -2.12. The molecule has 31 heavy (non-hydrogen) atoms. The number of nitrogens with zero attached hydrogens (tertiary/aromatic N) is 2. The van der Waals surface area contributed by atoms with E-state index in [9.17, 15) is 9.59 Å². The number of hydrogen-bond donors (Lipinski definition) is 2. The number of aromatic amines is 1. The van der Waals surface area contributed by atoms with E-state index < -0.39 is 5.25 Å². The Balaban J connectivity index is 1.54. The number of aromatic nitrogens is 3. The molecular weight excluding hydrogens is 416 g/mol. The molecule has 3 rings (SSSR count). The minimum Gasteiger partial charge on any atom is -0.493 e. The summed E-state index contributed by atoms with van der Waals surface area (Å²) >= 11 is 1.15. The van der Waals surface area contributed by atoms with Gasteiger partial charge in [0.1, 0.15) is 0 Å². The first kappa shape index (κ1) is 22.4. The number of benzene rings is 2. The molecule has 9 heteroatoms. The number of carbonyl (C=O) groups excluding carboxylic acids is 1. The summed E-state index contributed by atoms with van der Waals surface area (Å²) in [6, 6.07) is 14.8. The highest BCUT2D eigenvalue weighted by Gasteiger charge is 2.17. The van der Waals surface area contributed by atoms with Crippen molar-refractivity contribution in [2.75, 3.05) is 20.8 Å². The zero-order valence-electron chi connectivity index (χ0n) is 17.5. The molecule has 1 heterocycles. The highest BCUT2D eigenvalue weighted by atomic mass is 32.2. The van der Waals surface area contributed by atoms with Crippen LogP contribution in [0.2, 0.25) is 0 Å². The second-order valence-corrected chi connectivity index (χ2v) is 7.99. The molecule has 0 aliphatic carbocycles. The van der Waals surface area contributed by atoms with Crippen LogP contribution in [0.1, 0.15) is 12.5 Å². The minimum absolute atomic E-state index is 0.153. The fourth-order valence-electron chi connectivity index (χ4n) is 2.89. The molecule has 2 aromatic carbocycles. The second-order valence-electron chi connectivity index (χ2n) is 6.66. The third-order valence-electron chi connectivity index (χ3n) is 4.54. The van der Waals surface area contributed by atoms with E-state index in [1.807, 2.05) is 36.4 Å². The smallest absolute Gasteiger partial charge is 0.278 e. The van der Waals surface area contributed by atoms with E-state index in [2.05, 4.69) is 20.5 Å². The predicted octanol–water partition coefficient (Wildman–Crippen LogP) is 2.69. The normalized spacial score (nSPS) is 11.6. The van der Waals surface area contributed by atoms with Crippen LogP contribution in [0.15, 0.2) is 58.5 Å². The SMILES string of the molecule is COc1ccc(CCNC(=O)C(C)Sc2nnc(-c3ccccc3)c(=O)[nH]2)cc1OC. The minimum atomic E-state index is -0.446. The van der Waals surface area contributed by atoms with Gasteiger partial charge < -0.3 is 14.8 Å². The lowest BCUT2D eigenvalue weighted by Crippen LogP contribution is -2.32. The zero-order valence-corrected chi connectivity index (χ0v) is 18.4. The van der Waals surface area contributed by atoms with Crippen LogP contribution in [0.3, 0.4) is 0 Å². The van der Waals surface area contributed by atoms with Crippen LogP contribution >= 0.6 is 11.8 Å². The molecule has 0 saturated heterocycles. The molecule has 1 atom stereocenters. The van der Waals surface area contributed by atoms with Crippen molar-refractivity contribution in [1.29, 1.82) is 0 Å².